The number of benzene rings is 1. The third-order valence-electron chi connectivity index (χ3n) is 5.69. The van der Waals surface area contributed by atoms with Gasteiger partial charge < -0.3 is 9.88 Å². The topological polar surface area (TPSA) is 39.3 Å². The van der Waals surface area contributed by atoms with E-state index < -0.39 is 0 Å². The molecule has 0 bridgehead atoms. The summed E-state index contributed by atoms with van der Waals surface area (Å²) in [7, 11) is 0. The number of para-hydroxylation sites is 1. The lowest BCUT2D eigenvalue weighted by Gasteiger charge is -2.37. The van der Waals surface area contributed by atoms with Crippen LogP contribution in [0.5, 0.6) is 0 Å². The number of aromatic nitrogens is 1. The summed E-state index contributed by atoms with van der Waals surface area (Å²) in [5.41, 5.74) is 2.42. The Hall–Kier alpha value is -1.81. The molecule has 0 saturated carbocycles. The molecule has 4 nitrogen and oxygen atoms in total. The number of aromatic amines is 1. The number of rotatable bonds is 4. The van der Waals surface area contributed by atoms with E-state index in [1.54, 1.807) is 0 Å². The van der Waals surface area contributed by atoms with E-state index in [4.69, 9.17) is 0 Å². The molecule has 24 heavy (non-hydrogen) atoms. The second-order valence-corrected chi connectivity index (χ2v) is 7.24. The third kappa shape index (κ3) is 3.20. The monoisotopic (exact) mass is 325 g/mol. The van der Waals surface area contributed by atoms with Gasteiger partial charge in [0.25, 0.3) is 0 Å². The van der Waals surface area contributed by atoms with Gasteiger partial charge in [-0.3, -0.25) is 9.69 Å². The van der Waals surface area contributed by atoms with Gasteiger partial charge in [0.2, 0.25) is 5.91 Å². The Bertz CT molecular complexity index is 702. The van der Waals surface area contributed by atoms with Crippen molar-refractivity contribution < 1.29 is 4.79 Å². The lowest BCUT2D eigenvalue weighted by molar-refractivity contribution is -0.133. The number of aryl methyl sites for hydroxylation is 1. The fourth-order valence-electron chi connectivity index (χ4n) is 4.32. The number of hydrogen-bond donors (Lipinski definition) is 1. The van der Waals surface area contributed by atoms with E-state index in [9.17, 15) is 4.79 Å². The molecule has 4 rings (SSSR count). The van der Waals surface area contributed by atoms with Crippen LogP contribution in [0.3, 0.4) is 0 Å². The average Bonchev–Trinajstić information content (AvgIpc) is 3.30. The second-order valence-electron chi connectivity index (χ2n) is 7.24. The maximum atomic E-state index is 12.7. The smallest absolute Gasteiger partial charge is 0.222 e. The van der Waals surface area contributed by atoms with E-state index in [0.717, 1.165) is 31.4 Å². The number of nitrogens with zero attached hydrogens (tertiary/aromatic N) is 2. The van der Waals surface area contributed by atoms with Gasteiger partial charge in [-0.2, -0.15) is 0 Å². The summed E-state index contributed by atoms with van der Waals surface area (Å²) in [6.07, 6.45) is 8.56. The third-order valence-corrected chi connectivity index (χ3v) is 5.69. The maximum Gasteiger partial charge on any atom is 0.222 e. The Balaban J connectivity index is 1.35. The predicted octanol–water partition coefficient (Wildman–Crippen LogP) is 3.19. The lowest BCUT2D eigenvalue weighted by Crippen LogP contribution is -2.49. The van der Waals surface area contributed by atoms with Crippen LogP contribution in [-0.4, -0.2) is 52.9 Å². The molecular formula is C20H27N3O. The van der Waals surface area contributed by atoms with Crippen molar-refractivity contribution in [1.29, 1.82) is 0 Å². The van der Waals surface area contributed by atoms with Crippen molar-refractivity contribution in [2.75, 3.05) is 26.2 Å². The Labute approximate surface area is 143 Å². The summed E-state index contributed by atoms with van der Waals surface area (Å²) >= 11 is 0. The molecule has 128 valence electrons. The van der Waals surface area contributed by atoms with Crippen molar-refractivity contribution in [1.82, 2.24) is 14.8 Å². The summed E-state index contributed by atoms with van der Waals surface area (Å²) in [4.78, 5) is 20.7. The molecule has 1 aromatic heterocycles. The van der Waals surface area contributed by atoms with Gasteiger partial charge >= 0.3 is 0 Å². The van der Waals surface area contributed by atoms with Crippen molar-refractivity contribution in [2.45, 2.75) is 44.6 Å². The van der Waals surface area contributed by atoms with Crippen LogP contribution in [-0.2, 0) is 11.2 Å². The lowest BCUT2D eigenvalue weighted by atomic mass is 10.0. The first-order valence-corrected chi connectivity index (χ1v) is 9.38. The second kappa shape index (κ2) is 6.98. The minimum Gasteiger partial charge on any atom is -0.361 e. The standard InChI is InChI=1S/C20H27N3O/c24-20(10-9-16-14-21-19-8-2-1-7-18(16)19)23-13-5-6-17(15-23)22-11-3-4-12-22/h1-2,7-8,14,17,21H,3-6,9-13,15H2/t17-/m0/s1. The van der Waals surface area contributed by atoms with Crippen molar-refractivity contribution in [3.05, 3.63) is 36.0 Å². The predicted molar refractivity (Wildman–Crippen MR) is 97.0 cm³/mol. The molecule has 0 unspecified atom stereocenters. The molecule has 1 atom stereocenters. The van der Waals surface area contributed by atoms with E-state index in [2.05, 4.69) is 39.2 Å². The molecule has 2 aromatic rings. The average molecular weight is 325 g/mol. The summed E-state index contributed by atoms with van der Waals surface area (Å²) in [6, 6.07) is 8.92. The van der Waals surface area contributed by atoms with Crippen molar-refractivity contribution in [2.24, 2.45) is 0 Å². The van der Waals surface area contributed by atoms with Gasteiger partial charge in [0.15, 0.2) is 0 Å². The summed E-state index contributed by atoms with van der Waals surface area (Å²) in [5, 5.41) is 1.25. The molecular weight excluding hydrogens is 298 g/mol. The Kier molecular flexibility index (Phi) is 4.56. The molecule has 2 saturated heterocycles. The van der Waals surface area contributed by atoms with E-state index in [-0.39, 0.29) is 0 Å². The van der Waals surface area contributed by atoms with Crippen LogP contribution in [0.25, 0.3) is 10.9 Å². The highest BCUT2D eigenvalue weighted by molar-refractivity contribution is 5.84. The minimum atomic E-state index is 0.323. The molecule has 1 N–H and O–H groups in total. The van der Waals surface area contributed by atoms with E-state index >= 15 is 0 Å². The molecule has 2 aliphatic heterocycles. The van der Waals surface area contributed by atoms with E-state index in [0.29, 0.717) is 18.4 Å². The molecule has 1 aromatic carbocycles. The molecule has 4 heteroatoms. The fraction of sp³-hybridized carbons (Fsp3) is 0.550. The zero-order valence-corrected chi connectivity index (χ0v) is 14.3. The van der Waals surface area contributed by atoms with Gasteiger partial charge in [0.1, 0.15) is 0 Å². The Morgan fingerprint density at radius 3 is 2.83 bits per heavy atom. The van der Waals surface area contributed by atoms with Crippen LogP contribution in [0.4, 0.5) is 0 Å². The molecule has 2 fully saturated rings. The van der Waals surface area contributed by atoms with Gasteiger partial charge in [0.05, 0.1) is 0 Å². The van der Waals surface area contributed by atoms with Gasteiger partial charge in [-0.25, -0.2) is 0 Å². The summed E-state index contributed by atoms with van der Waals surface area (Å²) in [6.45, 7) is 4.33. The molecule has 3 heterocycles. The van der Waals surface area contributed by atoms with E-state index in [1.807, 2.05) is 6.07 Å². The first kappa shape index (κ1) is 15.7. The molecule has 2 aliphatic rings. The number of fused-ring (bicyclic) bond motifs is 1. The fourth-order valence-corrected chi connectivity index (χ4v) is 4.32. The van der Waals surface area contributed by atoms with Gasteiger partial charge in [-0.15, -0.1) is 0 Å². The van der Waals surface area contributed by atoms with Crippen LogP contribution in [0, 0.1) is 0 Å². The highest BCUT2D eigenvalue weighted by Gasteiger charge is 2.29. The number of H-pyrrole nitrogens is 1. The summed E-state index contributed by atoms with van der Waals surface area (Å²) < 4.78 is 0. The van der Waals surface area contributed by atoms with Crippen molar-refractivity contribution in [3.63, 3.8) is 0 Å². The highest BCUT2D eigenvalue weighted by Crippen LogP contribution is 2.22. The highest BCUT2D eigenvalue weighted by atomic mass is 16.2. The number of likely N-dealkylation sites (tertiary alicyclic amines) is 2. The number of piperidine rings is 1. The van der Waals surface area contributed by atoms with Gasteiger partial charge in [-0.1, -0.05) is 18.2 Å². The zero-order valence-electron chi connectivity index (χ0n) is 14.3. The number of amides is 1. The Morgan fingerprint density at radius 2 is 1.96 bits per heavy atom. The molecule has 0 aliphatic carbocycles. The number of nitrogens with one attached hydrogen (secondary N) is 1. The first-order valence-electron chi connectivity index (χ1n) is 9.38. The first-order chi connectivity index (χ1) is 11.8. The normalized spacial score (nSPS) is 22.3. The largest absolute Gasteiger partial charge is 0.361 e. The molecule has 0 radical (unpaired) electrons. The molecule has 1 amide bonds. The van der Waals surface area contributed by atoms with Crippen LogP contribution in [0.2, 0.25) is 0 Å². The number of carbonyl (C=O) groups excluding carboxylic acids is 1. The molecule has 0 spiro atoms. The van der Waals surface area contributed by atoms with Gasteiger partial charge in [0, 0.05) is 42.7 Å². The zero-order chi connectivity index (χ0) is 16.4. The SMILES string of the molecule is O=C(CCc1c[nH]c2ccccc12)N1CCC[C@H](N2CCCC2)C1. The van der Waals surface area contributed by atoms with Crippen LogP contribution in [0.15, 0.2) is 30.5 Å². The van der Waals surface area contributed by atoms with Crippen molar-refractivity contribution in [3.8, 4) is 0 Å². The number of carbonyl (C=O) groups is 1. The van der Waals surface area contributed by atoms with E-state index in [1.165, 1.54) is 43.3 Å². The number of hydrogen-bond acceptors (Lipinski definition) is 2. The van der Waals surface area contributed by atoms with Crippen molar-refractivity contribution >= 4 is 16.8 Å². The van der Waals surface area contributed by atoms with Crippen LogP contribution < -0.4 is 0 Å². The van der Waals surface area contributed by atoms with Crippen LogP contribution in [0.1, 0.15) is 37.7 Å². The van der Waals surface area contributed by atoms with Gasteiger partial charge in [-0.05, 0) is 56.8 Å². The maximum absolute atomic E-state index is 12.7. The minimum absolute atomic E-state index is 0.323. The Morgan fingerprint density at radius 1 is 1.12 bits per heavy atom. The summed E-state index contributed by atoms with van der Waals surface area (Å²) in [5.74, 6) is 0.323. The quantitative estimate of drug-likeness (QED) is 0.938. The van der Waals surface area contributed by atoms with Crippen LogP contribution >= 0.6 is 0 Å².